The van der Waals surface area contributed by atoms with E-state index < -0.39 is 0 Å². The first-order valence-electron chi connectivity index (χ1n) is 4.94. The van der Waals surface area contributed by atoms with Gasteiger partial charge in [0.05, 0.1) is 11.9 Å². The Kier molecular flexibility index (Phi) is 2.42. The van der Waals surface area contributed by atoms with Gasteiger partial charge in [-0.2, -0.15) is 0 Å². The van der Waals surface area contributed by atoms with Crippen molar-refractivity contribution in [2.24, 2.45) is 12.0 Å². The smallest absolute Gasteiger partial charge is 0.0630 e. The van der Waals surface area contributed by atoms with E-state index in [-0.39, 0.29) is 0 Å². The molecule has 2 aromatic rings. The lowest BCUT2D eigenvalue weighted by Crippen LogP contribution is -1.95. The number of hydrogen-bond acceptors (Lipinski definition) is 1. The van der Waals surface area contributed by atoms with Crippen LogP contribution in [0.3, 0.4) is 0 Å². The summed E-state index contributed by atoms with van der Waals surface area (Å²) < 4.78 is 2.15. The minimum absolute atomic E-state index is 1.14. The van der Waals surface area contributed by atoms with Crippen molar-refractivity contribution in [3.8, 4) is 0 Å². The largest absolute Gasteiger partial charge is 0.343 e. The first kappa shape index (κ1) is 9.71. The van der Waals surface area contributed by atoms with E-state index in [9.17, 15) is 0 Å². The molecule has 0 N–H and O–H groups in total. The number of fused-ring (bicyclic) bond motifs is 1. The highest BCUT2D eigenvalue weighted by molar-refractivity contribution is 5.94. The highest BCUT2D eigenvalue weighted by Gasteiger charge is 2.08. The van der Waals surface area contributed by atoms with Crippen molar-refractivity contribution < 1.29 is 0 Å². The fraction of sp³-hybridized carbons (Fsp3) is 0.154. The van der Waals surface area contributed by atoms with E-state index in [0.29, 0.717) is 0 Å². The molecule has 2 heteroatoms. The average molecular weight is 198 g/mol. The summed E-state index contributed by atoms with van der Waals surface area (Å²) in [6, 6.07) is 8.36. The Morgan fingerprint density at radius 3 is 2.73 bits per heavy atom. The molecule has 0 bridgehead atoms. The molecular weight excluding hydrogens is 184 g/mol. The number of aromatic nitrogens is 1. The van der Waals surface area contributed by atoms with Gasteiger partial charge < -0.3 is 4.57 Å². The van der Waals surface area contributed by atoms with Gasteiger partial charge in [0.25, 0.3) is 0 Å². The van der Waals surface area contributed by atoms with Crippen molar-refractivity contribution in [3.63, 3.8) is 0 Å². The predicted molar refractivity (Wildman–Crippen MR) is 65.4 cm³/mol. The van der Waals surface area contributed by atoms with E-state index in [1.807, 2.05) is 6.21 Å². The van der Waals surface area contributed by atoms with Gasteiger partial charge in [-0.1, -0.05) is 24.8 Å². The zero-order valence-corrected chi connectivity index (χ0v) is 9.07. The molecule has 1 aromatic heterocycles. The molecule has 0 aliphatic rings. The number of benzene rings is 1. The molecule has 0 atom stereocenters. The highest BCUT2D eigenvalue weighted by atomic mass is 15.0. The number of hydrogen-bond donors (Lipinski definition) is 0. The summed E-state index contributed by atoms with van der Waals surface area (Å²) in [6.45, 7) is 5.70. The molecule has 0 aliphatic heterocycles. The molecule has 76 valence electrons. The third kappa shape index (κ3) is 1.48. The second kappa shape index (κ2) is 3.73. The van der Waals surface area contributed by atoms with E-state index in [4.69, 9.17) is 0 Å². The maximum atomic E-state index is 4.08. The Hall–Kier alpha value is -1.83. The number of nitrogens with zero attached hydrogens (tertiary/aromatic N) is 2. The molecule has 0 unspecified atom stereocenters. The normalized spacial score (nSPS) is 11.3. The summed E-state index contributed by atoms with van der Waals surface area (Å²) in [4.78, 5) is 4.08. The Balaban J connectivity index is 2.74. The van der Waals surface area contributed by atoms with Crippen LogP contribution < -0.4 is 0 Å². The molecule has 15 heavy (non-hydrogen) atoms. The molecule has 1 aromatic carbocycles. The Morgan fingerprint density at radius 1 is 1.33 bits per heavy atom. The number of aryl methyl sites for hydroxylation is 2. The van der Waals surface area contributed by atoms with Crippen LogP contribution in [0.1, 0.15) is 11.3 Å². The zero-order chi connectivity index (χ0) is 10.8. The molecule has 0 spiro atoms. The van der Waals surface area contributed by atoms with Crippen molar-refractivity contribution >= 4 is 17.1 Å². The van der Waals surface area contributed by atoms with Crippen LogP contribution in [0.2, 0.25) is 0 Å². The zero-order valence-electron chi connectivity index (χ0n) is 9.07. The fourth-order valence-corrected chi connectivity index (χ4v) is 1.91. The van der Waals surface area contributed by atoms with Crippen LogP contribution >= 0.6 is 0 Å². The van der Waals surface area contributed by atoms with Gasteiger partial charge in [0.2, 0.25) is 0 Å². The second-order valence-corrected chi connectivity index (χ2v) is 3.55. The Labute approximate surface area is 89.6 Å². The molecule has 1 heterocycles. The van der Waals surface area contributed by atoms with Crippen molar-refractivity contribution in [3.05, 3.63) is 48.3 Å². The van der Waals surface area contributed by atoms with Crippen LogP contribution in [0.15, 0.2) is 42.0 Å². The lowest BCUT2D eigenvalue weighted by molar-refractivity contribution is 0.953. The van der Waals surface area contributed by atoms with Crippen LogP contribution in [0, 0.1) is 6.92 Å². The molecular formula is C13H14N2. The molecule has 2 nitrogen and oxygen atoms in total. The molecule has 0 saturated carbocycles. The first-order valence-corrected chi connectivity index (χ1v) is 4.94. The summed E-state index contributed by atoms with van der Waals surface area (Å²) in [5.41, 5.74) is 3.63. The SMILES string of the molecule is C=CN=Cc1c(C)c2ccccc2n1C. The van der Waals surface area contributed by atoms with Gasteiger partial charge in [0, 0.05) is 24.2 Å². The van der Waals surface area contributed by atoms with Gasteiger partial charge >= 0.3 is 0 Å². The lowest BCUT2D eigenvalue weighted by Gasteiger charge is -1.98. The highest BCUT2D eigenvalue weighted by Crippen LogP contribution is 2.22. The number of aliphatic imine (C=N–C) groups is 1. The van der Waals surface area contributed by atoms with Gasteiger partial charge in [-0.25, -0.2) is 0 Å². The predicted octanol–water partition coefficient (Wildman–Crippen LogP) is 3.05. The second-order valence-electron chi connectivity index (χ2n) is 3.55. The third-order valence-corrected chi connectivity index (χ3v) is 2.72. The Bertz CT molecular complexity index is 494. The van der Waals surface area contributed by atoms with Gasteiger partial charge in [0.15, 0.2) is 0 Å². The Morgan fingerprint density at radius 2 is 2.07 bits per heavy atom. The van der Waals surface area contributed by atoms with Gasteiger partial charge in [-0.15, -0.1) is 0 Å². The minimum atomic E-state index is 1.14. The number of para-hydroxylation sites is 1. The maximum absolute atomic E-state index is 4.08. The van der Waals surface area contributed by atoms with Crippen molar-refractivity contribution in [2.45, 2.75) is 6.92 Å². The minimum Gasteiger partial charge on any atom is -0.343 e. The van der Waals surface area contributed by atoms with Crippen LogP contribution in [0.4, 0.5) is 0 Å². The summed E-state index contributed by atoms with van der Waals surface area (Å²) in [7, 11) is 2.06. The first-order chi connectivity index (χ1) is 7.25. The summed E-state index contributed by atoms with van der Waals surface area (Å²) in [6.07, 6.45) is 3.40. The van der Waals surface area contributed by atoms with Crippen LogP contribution in [0.25, 0.3) is 10.9 Å². The summed E-state index contributed by atoms with van der Waals surface area (Å²) in [5, 5.41) is 1.28. The molecule has 2 rings (SSSR count). The van der Waals surface area contributed by atoms with Crippen LogP contribution in [-0.2, 0) is 7.05 Å². The van der Waals surface area contributed by atoms with Gasteiger partial charge in [0.1, 0.15) is 0 Å². The third-order valence-electron chi connectivity index (χ3n) is 2.72. The fourth-order valence-electron chi connectivity index (χ4n) is 1.91. The van der Waals surface area contributed by atoms with Gasteiger partial charge in [-0.3, -0.25) is 4.99 Å². The number of rotatable bonds is 2. The van der Waals surface area contributed by atoms with E-state index in [2.05, 4.69) is 54.4 Å². The monoisotopic (exact) mass is 198 g/mol. The van der Waals surface area contributed by atoms with E-state index >= 15 is 0 Å². The summed E-state index contributed by atoms with van der Waals surface area (Å²) >= 11 is 0. The van der Waals surface area contributed by atoms with E-state index in [1.165, 1.54) is 16.5 Å². The molecule has 0 radical (unpaired) electrons. The quantitative estimate of drug-likeness (QED) is 0.660. The van der Waals surface area contributed by atoms with Crippen LogP contribution in [0.5, 0.6) is 0 Å². The standard InChI is InChI=1S/C13H14N2/c1-4-14-9-13-10(2)11-7-5-6-8-12(11)15(13)3/h4-9H,1H2,2-3H3. The molecule has 0 saturated heterocycles. The topological polar surface area (TPSA) is 17.3 Å². The molecule has 0 amide bonds. The molecule has 0 fully saturated rings. The van der Waals surface area contributed by atoms with E-state index in [0.717, 1.165) is 5.69 Å². The maximum Gasteiger partial charge on any atom is 0.0630 e. The van der Waals surface area contributed by atoms with Crippen molar-refractivity contribution in [2.75, 3.05) is 0 Å². The van der Waals surface area contributed by atoms with Gasteiger partial charge in [-0.05, 0) is 18.6 Å². The lowest BCUT2D eigenvalue weighted by atomic mass is 10.1. The van der Waals surface area contributed by atoms with Crippen molar-refractivity contribution in [1.29, 1.82) is 0 Å². The average Bonchev–Trinajstić information content (AvgIpc) is 2.51. The van der Waals surface area contributed by atoms with Crippen molar-refractivity contribution in [1.82, 2.24) is 4.57 Å². The van der Waals surface area contributed by atoms with E-state index in [1.54, 1.807) is 6.20 Å². The molecule has 0 aliphatic carbocycles. The summed E-state index contributed by atoms with van der Waals surface area (Å²) in [5.74, 6) is 0. The van der Waals surface area contributed by atoms with Crippen LogP contribution in [-0.4, -0.2) is 10.8 Å².